The Bertz CT molecular complexity index is 376. The molecule has 17 heavy (non-hydrogen) atoms. The predicted molar refractivity (Wildman–Crippen MR) is 66.8 cm³/mol. The summed E-state index contributed by atoms with van der Waals surface area (Å²) in [6.07, 6.45) is 3.92. The molecule has 0 heterocycles. The Morgan fingerprint density at radius 3 is 2.53 bits per heavy atom. The standard InChI is InChI=1S/C14H20O3/c1-16-10-7-8-14(17-2)12(9-10)11-5-3-4-6-13(11)15/h7-9,11,13,15H,3-6H2,1-2H3/t11-,13+/m1/s1. The van der Waals surface area contributed by atoms with E-state index in [-0.39, 0.29) is 12.0 Å². The van der Waals surface area contributed by atoms with Gasteiger partial charge in [0.25, 0.3) is 0 Å². The summed E-state index contributed by atoms with van der Waals surface area (Å²) in [7, 11) is 3.32. The second-order valence-corrected chi connectivity index (χ2v) is 4.57. The zero-order valence-corrected chi connectivity index (χ0v) is 10.5. The molecular formula is C14H20O3. The minimum atomic E-state index is -0.259. The van der Waals surface area contributed by atoms with Crippen LogP contribution >= 0.6 is 0 Å². The average Bonchev–Trinajstić information content (AvgIpc) is 2.38. The molecule has 1 fully saturated rings. The van der Waals surface area contributed by atoms with Gasteiger partial charge in [0.2, 0.25) is 0 Å². The maximum Gasteiger partial charge on any atom is 0.122 e. The van der Waals surface area contributed by atoms with Crippen LogP contribution in [0.2, 0.25) is 0 Å². The minimum absolute atomic E-state index is 0.175. The van der Waals surface area contributed by atoms with Gasteiger partial charge in [-0.15, -0.1) is 0 Å². The summed E-state index contributed by atoms with van der Waals surface area (Å²) in [5.41, 5.74) is 1.07. The number of methoxy groups -OCH3 is 2. The number of ether oxygens (including phenoxy) is 2. The van der Waals surface area contributed by atoms with Crippen molar-refractivity contribution >= 4 is 0 Å². The van der Waals surface area contributed by atoms with E-state index in [1.807, 2.05) is 18.2 Å². The third-order valence-electron chi connectivity index (χ3n) is 3.57. The quantitative estimate of drug-likeness (QED) is 0.877. The van der Waals surface area contributed by atoms with E-state index >= 15 is 0 Å². The molecule has 1 N–H and O–H groups in total. The predicted octanol–water partition coefficient (Wildman–Crippen LogP) is 2.72. The van der Waals surface area contributed by atoms with Crippen LogP contribution in [0.4, 0.5) is 0 Å². The maximum absolute atomic E-state index is 10.1. The van der Waals surface area contributed by atoms with Crippen LogP contribution in [0.5, 0.6) is 11.5 Å². The molecule has 1 aromatic carbocycles. The molecule has 0 radical (unpaired) electrons. The number of rotatable bonds is 3. The van der Waals surface area contributed by atoms with Gasteiger partial charge in [0.05, 0.1) is 20.3 Å². The minimum Gasteiger partial charge on any atom is -0.497 e. The molecule has 1 aliphatic rings. The summed E-state index contributed by atoms with van der Waals surface area (Å²) in [6, 6.07) is 5.78. The van der Waals surface area contributed by atoms with Crippen molar-refractivity contribution in [2.24, 2.45) is 0 Å². The van der Waals surface area contributed by atoms with Crippen LogP contribution in [0.3, 0.4) is 0 Å². The molecule has 1 aliphatic carbocycles. The first-order valence-electron chi connectivity index (χ1n) is 6.16. The zero-order chi connectivity index (χ0) is 12.3. The van der Waals surface area contributed by atoms with E-state index in [0.29, 0.717) is 0 Å². The first kappa shape index (κ1) is 12.2. The molecule has 0 aromatic heterocycles. The molecule has 1 saturated carbocycles. The molecule has 0 bridgehead atoms. The summed E-state index contributed by atoms with van der Waals surface area (Å²) in [5.74, 6) is 1.84. The highest BCUT2D eigenvalue weighted by Crippen LogP contribution is 2.39. The van der Waals surface area contributed by atoms with Gasteiger partial charge in [-0.3, -0.25) is 0 Å². The largest absolute Gasteiger partial charge is 0.497 e. The van der Waals surface area contributed by atoms with Crippen molar-refractivity contribution in [3.63, 3.8) is 0 Å². The summed E-state index contributed by atoms with van der Waals surface area (Å²) < 4.78 is 10.6. The zero-order valence-electron chi connectivity index (χ0n) is 10.5. The molecule has 1 aromatic rings. The van der Waals surface area contributed by atoms with Crippen LogP contribution in [0.15, 0.2) is 18.2 Å². The van der Waals surface area contributed by atoms with Gasteiger partial charge in [0.15, 0.2) is 0 Å². The fourth-order valence-electron chi connectivity index (χ4n) is 2.60. The van der Waals surface area contributed by atoms with E-state index in [0.717, 1.165) is 36.3 Å². The topological polar surface area (TPSA) is 38.7 Å². The molecule has 0 spiro atoms. The smallest absolute Gasteiger partial charge is 0.122 e. The third kappa shape index (κ3) is 2.55. The molecule has 94 valence electrons. The van der Waals surface area contributed by atoms with Gasteiger partial charge < -0.3 is 14.6 Å². The molecule has 0 aliphatic heterocycles. The number of aliphatic hydroxyl groups is 1. The van der Waals surface area contributed by atoms with Crippen molar-refractivity contribution in [3.8, 4) is 11.5 Å². The highest BCUT2D eigenvalue weighted by Gasteiger charge is 2.27. The molecule has 0 amide bonds. The van der Waals surface area contributed by atoms with E-state index in [1.54, 1.807) is 14.2 Å². The normalized spacial score (nSPS) is 24.4. The van der Waals surface area contributed by atoms with E-state index in [2.05, 4.69) is 0 Å². The Labute approximate surface area is 102 Å². The maximum atomic E-state index is 10.1. The fourth-order valence-corrected chi connectivity index (χ4v) is 2.60. The van der Waals surface area contributed by atoms with Crippen LogP contribution in [-0.2, 0) is 0 Å². The average molecular weight is 236 g/mol. The van der Waals surface area contributed by atoms with Gasteiger partial charge in [-0.25, -0.2) is 0 Å². The summed E-state index contributed by atoms with van der Waals surface area (Å²) in [4.78, 5) is 0. The highest BCUT2D eigenvalue weighted by molar-refractivity contribution is 5.43. The van der Waals surface area contributed by atoms with Gasteiger partial charge in [-0.05, 0) is 31.0 Å². The van der Waals surface area contributed by atoms with Crippen LogP contribution in [0.1, 0.15) is 37.2 Å². The van der Waals surface area contributed by atoms with E-state index in [1.165, 1.54) is 6.42 Å². The van der Waals surface area contributed by atoms with Gasteiger partial charge >= 0.3 is 0 Å². The van der Waals surface area contributed by atoms with Gasteiger partial charge in [-0.2, -0.15) is 0 Å². The van der Waals surface area contributed by atoms with Crippen LogP contribution in [0.25, 0.3) is 0 Å². The Hall–Kier alpha value is -1.22. The molecule has 3 nitrogen and oxygen atoms in total. The number of hydrogen-bond acceptors (Lipinski definition) is 3. The van der Waals surface area contributed by atoms with E-state index in [4.69, 9.17) is 9.47 Å². The monoisotopic (exact) mass is 236 g/mol. The van der Waals surface area contributed by atoms with Gasteiger partial charge in [0, 0.05) is 11.5 Å². The summed E-state index contributed by atoms with van der Waals surface area (Å²) in [6.45, 7) is 0. The Kier molecular flexibility index (Phi) is 3.89. The van der Waals surface area contributed by atoms with Crippen molar-refractivity contribution in [2.75, 3.05) is 14.2 Å². The van der Waals surface area contributed by atoms with Gasteiger partial charge in [-0.1, -0.05) is 12.8 Å². The lowest BCUT2D eigenvalue weighted by Crippen LogP contribution is -2.23. The molecule has 0 saturated heterocycles. The number of benzene rings is 1. The van der Waals surface area contributed by atoms with Crippen LogP contribution in [-0.4, -0.2) is 25.4 Å². The number of aliphatic hydroxyl groups excluding tert-OH is 1. The van der Waals surface area contributed by atoms with Crippen molar-refractivity contribution in [1.82, 2.24) is 0 Å². The molecule has 0 unspecified atom stereocenters. The first-order chi connectivity index (χ1) is 8.26. The SMILES string of the molecule is COc1ccc(OC)c([C@H]2CCCC[C@@H]2O)c1. The third-order valence-corrected chi connectivity index (χ3v) is 3.57. The van der Waals surface area contributed by atoms with Crippen molar-refractivity contribution in [1.29, 1.82) is 0 Å². The Balaban J connectivity index is 2.33. The second-order valence-electron chi connectivity index (χ2n) is 4.57. The lowest BCUT2D eigenvalue weighted by Gasteiger charge is -2.29. The first-order valence-corrected chi connectivity index (χ1v) is 6.16. The summed E-state index contributed by atoms with van der Waals surface area (Å²) in [5, 5.41) is 10.1. The Morgan fingerprint density at radius 1 is 1.12 bits per heavy atom. The van der Waals surface area contributed by atoms with Crippen molar-refractivity contribution in [2.45, 2.75) is 37.7 Å². The van der Waals surface area contributed by atoms with E-state index in [9.17, 15) is 5.11 Å². The second kappa shape index (κ2) is 5.41. The fraction of sp³-hybridized carbons (Fsp3) is 0.571. The van der Waals surface area contributed by atoms with Crippen LogP contribution in [0, 0.1) is 0 Å². The molecule has 3 heteroatoms. The molecule has 2 atom stereocenters. The molecule has 2 rings (SSSR count). The van der Waals surface area contributed by atoms with Gasteiger partial charge in [0.1, 0.15) is 11.5 Å². The number of hydrogen-bond donors (Lipinski definition) is 1. The molecular weight excluding hydrogens is 216 g/mol. The van der Waals surface area contributed by atoms with Crippen molar-refractivity contribution < 1.29 is 14.6 Å². The summed E-state index contributed by atoms with van der Waals surface area (Å²) >= 11 is 0. The Morgan fingerprint density at radius 2 is 1.88 bits per heavy atom. The van der Waals surface area contributed by atoms with Crippen molar-refractivity contribution in [3.05, 3.63) is 23.8 Å². The van der Waals surface area contributed by atoms with Crippen LogP contribution < -0.4 is 9.47 Å². The lowest BCUT2D eigenvalue weighted by atomic mass is 9.81. The van der Waals surface area contributed by atoms with E-state index < -0.39 is 0 Å². The highest BCUT2D eigenvalue weighted by atomic mass is 16.5. The lowest BCUT2D eigenvalue weighted by molar-refractivity contribution is 0.105.